The van der Waals surface area contributed by atoms with Crippen LogP contribution in [0.2, 0.25) is 0 Å². The Morgan fingerprint density at radius 2 is 1.81 bits per heavy atom. The third-order valence-electron chi connectivity index (χ3n) is 9.08. The third kappa shape index (κ3) is 3.30. The van der Waals surface area contributed by atoms with Gasteiger partial charge in [0.15, 0.2) is 0 Å². The van der Waals surface area contributed by atoms with E-state index in [1.54, 1.807) is 5.57 Å². The molecule has 26 heavy (non-hydrogen) atoms. The van der Waals surface area contributed by atoms with Gasteiger partial charge in [-0.25, -0.2) is 4.39 Å². The Morgan fingerprint density at radius 3 is 2.58 bits per heavy atom. The van der Waals surface area contributed by atoms with Crippen molar-refractivity contribution < 1.29 is 4.39 Å². The molecule has 0 nitrogen and oxygen atoms in total. The maximum Gasteiger partial charge on any atom is 0.122 e. The molecule has 4 aliphatic rings. The summed E-state index contributed by atoms with van der Waals surface area (Å²) in [5.74, 6) is 4.00. The van der Waals surface area contributed by atoms with E-state index >= 15 is 4.39 Å². The second-order valence-corrected chi connectivity index (χ2v) is 10.8. The number of hydrogen-bond donors (Lipinski definition) is 0. The Bertz CT molecular complexity index is 532. The molecule has 2 fully saturated rings. The van der Waals surface area contributed by atoms with Crippen molar-refractivity contribution in [3.63, 3.8) is 0 Å². The van der Waals surface area contributed by atoms with Gasteiger partial charge in [-0.1, -0.05) is 45.6 Å². The quantitative estimate of drug-likeness (QED) is 0.345. The molecule has 4 rings (SSSR count). The van der Waals surface area contributed by atoms with Gasteiger partial charge in [0.25, 0.3) is 0 Å². The molecule has 0 N–H and O–H groups in total. The molecule has 2 saturated carbocycles. The van der Waals surface area contributed by atoms with E-state index in [2.05, 4.69) is 20.8 Å². The van der Waals surface area contributed by atoms with Crippen LogP contribution in [0.5, 0.6) is 0 Å². The Balaban J connectivity index is 1.45. The van der Waals surface area contributed by atoms with Crippen molar-refractivity contribution in [1.82, 2.24) is 0 Å². The Morgan fingerprint density at radius 1 is 1.04 bits per heavy atom. The topological polar surface area (TPSA) is 0 Å². The van der Waals surface area contributed by atoms with Gasteiger partial charge in [-0.05, 0) is 105 Å². The number of fused-ring (bicyclic) bond motifs is 4. The maximum atomic E-state index is 15.0. The molecule has 0 radical (unpaired) electrons. The van der Waals surface area contributed by atoms with Crippen molar-refractivity contribution in [2.75, 3.05) is 0 Å². The average molecular weight is 361 g/mol. The molecular formula is C25H41F. The highest BCUT2D eigenvalue weighted by Crippen LogP contribution is 2.64. The molecule has 0 amide bonds. The van der Waals surface area contributed by atoms with E-state index in [1.165, 1.54) is 76.2 Å². The first kappa shape index (κ1) is 19.0. The Hall–Kier alpha value is -0.330. The molecule has 4 aliphatic carbocycles. The van der Waals surface area contributed by atoms with Crippen LogP contribution in [-0.2, 0) is 0 Å². The lowest BCUT2D eigenvalue weighted by Crippen LogP contribution is -2.45. The third-order valence-corrected chi connectivity index (χ3v) is 9.08. The van der Waals surface area contributed by atoms with E-state index in [1.807, 2.05) is 0 Å². The SMILES string of the molecule is CC(C)CCCCC1CCC2C3CC(F)C4=C(CCCC4)C3CCC12C. The zero-order chi connectivity index (χ0) is 18.3. The summed E-state index contributed by atoms with van der Waals surface area (Å²) >= 11 is 0. The summed E-state index contributed by atoms with van der Waals surface area (Å²) in [6.07, 6.45) is 16.4. The summed E-state index contributed by atoms with van der Waals surface area (Å²) in [5.41, 5.74) is 3.40. The number of alkyl halides is 1. The van der Waals surface area contributed by atoms with Crippen LogP contribution >= 0.6 is 0 Å². The normalized spacial score (nSPS) is 42.6. The highest BCUT2D eigenvalue weighted by molar-refractivity contribution is 5.29. The molecular weight excluding hydrogens is 319 g/mol. The van der Waals surface area contributed by atoms with Crippen LogP contribution in [0.1, 0.15) is 104 Å². The average Bonchev–Trinajstić information content (AvgIpc) is 2.96. The summed E-state index contributed by atoms with van der Waals surface area (Å²) in [5, 5.41) is 0. The van der Waals surface area contributed by atoms with Crippen molar-refractivity contribution >= 4 is 0 Å². The first-order valence-corrected chi connectivity index (χ1v) is 11.9. The van der Waals surface area contributed by atoms with Crippen molar-refractivity contribution in [2.45, 2.75) is 110 Å². The number of allylic oxidation sites excluding steroid dienone is 2. The lowest BCUT2D eigenvalue weighted by Gasteiger charge is -2.53. The van der Waals surface area contributed by atoms with Crippen molar-refractivity contribution in [2.24, 2.45) is 35.0 Å². The highest BCUT2D eigenvalue weighted by Gasteiger charge is 2.55. The van der Waals surface area contributed by atoms with E-state index < -0.39 is 6.17 Å². The summed E-state index contributed by atoms with van der Waals surface area (Å²) in [7, 11) is 0. The lowest BCUT2D eigenvalue weighted by atomic mass is 9.52. The van der Waals surface area contributed by atoms with Gasteiger partial charge in [0.2, 0.25) is 0 Å². The van der Waals surface area contributed by atoms with Crippen LogP contribution in [0.15, 0.2) is 11.1 Å². The molecule has 0 aromatic heterocycles. The number of unbranched alkanes of at least 4 members (excludes halogenated alkanes) is 1. The van der Waals surface area contributed by atoms with E-state index in [0.29, 0.717) is 11.3 Å². The summed E-state index contributed by atoms with van der Waals surface area (Å²) in [4.78, 5) is 0. The molecule has 148 valence electrons. The number of rotatable bonds is 5. The van der Waals surface area contributed by atoms with Gasteiger partial charge in [-0.15, -0.1) is 0 Å². The molecule has 0 saturated heterocycles. The molecule has 0 spiro atoms. The molecule has 0 aromatic rings. The first-order chi connectivity index (χ1) is 12.5. The largest absolute Gasteiger partial charge is 0.243 e. The second-order valence-electron chi connectivity index (χ2n) is 10.8. The van der Waals surface area contributed by atoms with Crippen LogP contribution in [0, 0.1) is 35.0 Å². The van der Waals surface area contributed by atoms with Gasteiger partial charge in [0.05, 0.1) is 0 Å². The van der Waals surface area contributed by atoms with Gasteiger partial charge in [0.1, 0.15) is 6.17 Å². The first-order valence-electron chi connectivity index (χ1n) is 11.9. The van der Waals surface area contributed by atoms with Gasteiger partial charge in [0, 0.05) is 0 Å². The Labute approximate surface area is 161 Å². The van der Waals surface area contributed by atoms with Crippen LogP contribution < -0.4 is 0 Å². The number of halogens is 1. The molecule has 6 unspecified atom stereocenters. The summed E-state index contributed by atoms with van der Waals surface area (Å²) in [6, 6.07) is 0. The van der Waals surface area contributed by atoms with E-state index in [9.17, 15) is 0 Å². The molecule has 0 heterocycles. The predicted molar refractivity (Wildman–Crippen MR) is 109 cm³/mol. The summed E-state index contributed by atoms with van der Waals surface area (Å²) < 4.78 is 15.0. The summed E-state index contributed by atoms with van der Waals surface area (Å²) in [6.45, 7) is 7.30. The van der Waals surface area contributed by atoms with E-state index in [-0.39, 0.29) is 0 Å². The zero-order valence-electron chi connectivity index (χ0n) is 17.5. The second kappa shape index (κ2) is 7.59. The van der Waals surface area contributed by atoms with Gasteiger partial charge in [-0.3, -0.25) is 0 Å². The Kier molecular flexibility index (Phi) is 5.55. The van der Waals surface area contributed by atoms with Crippen LogP contribution in [0.25, 0.3) is 0 Å². The predicted octanol–water partition coefficient (Wildman–Crippen LogP) is 7.87. The highest BCUT2D eigenvalue weighted by atomic mass is 19.1. The molecule has 0 bridgehead atoms. The monoisotopic (exact) mass is 360 g/mol. The van der Waals surface area contributed by atoms with Gasteiger partial charge < -0.3 is 0 Å². The van der Waals surface area contributed by atoms with Crippen molar-refractivity contribution in [1.29, 1.82) is 0 Å². The fourth-order valence-electron chi connectivity index (χ4n) is 7.69. The molecule has 6 atom stereocenters. The van der Waals surface area contributed by atoms with Crippen molar-refractivity contribution in [3.05, 3.63) is 11.1 Å². The number of hydrogen-bond acceptors (Lipinski definition) is 0. The van der Waals surface area contributed by atoms with Gasteiger partial charge >= 0.3 is 0 Å². The minimum Gasteiger partial charge on any atom is -0.243 e. The van der Waals surface area contributed by atoms with E-state index in [4.69, 9.17) is 0 Å². The fraction of sp³-hybridized carbons (Fsp3) is 0.920. The standard InChI is InChI=1S/C25H41F/c1-17(2)8-4-5-9-18-12-13-23-22-16-24(26)21-11-7-6-10-19(21)20(22)14-15-25(18,23)3/h17-18,20,22-24H,4-16H2,1-3H3. The lowest BCUT2D eigenvalue weighted by molar-refractivity contribution is -0.000759. The molecule has 0 aromatic carbocycles. The molecule has 0 aliphatic heterocycles. The van der Waals surface area contributed by atoms with Crippen LogP contribution in [-0.4, -0.2) is 6.17 Å². The minimum atomic E-state index is -0.598. The minimum absolute atomic E-state index is 0.519. The maximum absolute atomic E-state index is 15.0. The molecule has 1 heteroatoms. The smallest absolute Gasteiger partial charge is 0.122 e. The van der Waals surface area contributed by atoms with Crippen LogP contribution in [0.3, 0.4) is 0 Å². The van der Waals surface area contributed by atoms with E-state index in [0.717, 1.165) is 36.5 Å². The van der Waals surface area contributed by atoms with Crippen molar-refractivity contribution in [3.8, 4) is 0 Å². The van der Waals surface area contributed by atoms with Gasteiger partial charge in [-0.2, -0.15) is 0 Å². The fourth-order valence-corrected chi connectivity index (χ4v) is 7.69. The zero-order valence-corrected chi connectivity index (χ0v) is 17.5. The van der Waals surface area contributed by atoms with Crippen LogP contribution in [0.4, 0.5) is 4.39 Å².